The van der Waals surface area contributed by atoms with Gasteiger partial charge in [-0.05, 0) is 30.3 Å². The molecule has 2 aromatic rings. The molecule has 3 rings (SSSR count). The molecular formula is C15H22N8OS. The van der Waals surface area contributed by atoms with E-state index in [1.807, 2.05) is 18.7 Å². The summed E-state index contributed by atoms with van der Waals surface area (Å²) in [5.41, 5.74) is 0. The molecule has 1 fully saturated rings. The van der Waals surface area contributed by atoms with E-state index in [2.05, 4.69) is 30.4 Å². The van der Waals surface area contributed by atoms with Crippen LogP contribution in [-0.2, 0) is 10.5 Å². The highest BCUT2D eigenvalue weighted by Gasteiger charge is 2.22. The van der Waals surface area contributed by atoms with Crippen LogP contribution in [0, 0.1) is 0 Å². The Morgan fingerprint density at radius 1 is 1.20 bits per heavy atom. The van der Waals surface area contributed by atoms with Crippen LogP contribution >= 0.6 is 11.8 Å². The molecule has 0 radical (unpaired) electrons. The summed E-state index contributed by atoms with van der Waals surface area (Å²) in [6.07, 6.45) is 3.47. The Kier molecular flexibility index (Phi) is 5.79. The van der Waals surface area contributed by atoms with E-state index in [-0.39, 0.29) is 11.9 Å². The van der Waals surface area contributed by atoms with Gasteiger partial charge in [0.05, 0.1) is 17.5 Å². The molecule has 0 N–H and O–H groups in total. The number of tetrazole rings is 1. The fraction of sp³-hybridized carbons (Fsp3) is 0.600. The molecular weight excluding hydrogens is 340 g/mol. The first-order valence-corrected chi connectivity index (χ1v) is 9.45. The van der Waals surface area contributed by atoms with Gasteiger partial charge >= 0.3 is 0 Å². The maximum atomic E-state index is 12.4. The SMILES string of the molecule is CC(C)n1nnnc1CSCC(=O)N1CCN(c2ncccn2)CC1. The smallest absolute Gasteiger partial charge is 0.232 e. The molecule has 0 atom stereocenters. The van der Waals surface area contributed by atoms with Crippen molar-refractivity contribution in [2.45, 2.75) is 25.6 Å². The molecule has 0 saturated carbocycles. The van der Waals surface area contributed by atoms with Crippen molar-refractivity contribution in [2.75, 3.05) is 36.8 Å². The number of aromatic nitrogens is 6. The lowest BCUT2D eigenvalue weighted by Crippen LogP contribution is -2.49. The molecule has 0 aromatic carbocycles. The monoisotopic (exact) mass is 362 g/mol. The number of rotatable bonds is 6. The summed E-state index contributed by atoms with van der Waals surface area (Å²) in [5, 5.41) is 11.7. The van der Waals surface area contributed by atoms with Crippen LogP contribution in [0.2, 0.25) is 0 Å². The minimum absolute atomic E-state index is 0.155. The van der Waals surface area contributed by atoms with Crippen molar-refractivity contribution in [3.8, 4) is 0 Å². The highest BCUT2D eigenvalue weighted by Crippen LogP contribution is 2.15. The van der Waals surface area contributed by atoms with Gasteiger partial charge in [0.25, 0.3) is 0 Å². The van der Waals surface area contributed by atoms with Crippen molar-refractivity contribution < 1.29 is 4.79 Å². The molecule has 1 aliphatic rings. The predicted octanol–water partition coefficient (Wildman–Crippen LogP) is 0.626. The second-order valence-corrected chi connectivity index (χ2v) is 7.03. The zero-order valence-corrected chi connectivity index (χ0v) is 15.3. The maximum absolute atomic E-state index is 12.4. The summed E-state index contributed by atoms with van der Waals surface area (Å²) in [4.78, 5) is 24.9. The fourth-order valence-corrected chi connectivity index (χ4v) is 3.47. The lowest BCUT2D eigenvalue weighted by atomic mass is 10.3. The number of nitrogens with zero attached hydrogens (tertiary/aromatic N) is 8. The van der Waals surface area contributed by atoms with Gasteiger partial charge in [-0.1, -0.05) is 0 Å². The van der Waals surface area contributed by atoms with Gasteiger partial charge in [-0.3, -0.25) is 4.79 Å². The summed E-state index contributed by atoms with van der Waals surface area (Å²) in [7, 11) is 0. The quantitative estimate of drug-likeness (QED) is 0.739. The number of piperazine rings is 1. The summed E-state index contributed by atoms with van der Waals surface area (Å²) in [6.45, 7) is 6.97. The molecule has 1 amide bonds. The van der Waals surface area contributed by atoms with E-state index in [4.69, 9.17) is 0 Å². The van der Waals surface area contributed by atoms with Crippen LogP contribution < -0.4 is 4.90 Å². The highest BCUT2D eigenvalue weighted by atomic mass is 32.2. The van der Waals surface area contributed by atoms with Crippen molar-refractivity contribution in [1.29, 1.82) is 0 Å². The third kappa shape index (κ3) is 4.44. The van der Waals surface area contributed by atoms with Gasteiger partial charge in [0.15, 0.2) is 5.82 Å². The number of carbonyl (C=O) groups excluding carboxylic acids is 1. The first kappa shape index (κ1) is 17.6. The van der Waals surface area contributed by atoms with Crippen LogP contribution in [0.15, 0.2) is 18.5 Å². The minimum atomic E-state index is 0.155. The number of hydrogen-bond donors (Lipinski definition) is 0. The molecule has 10 heteroatoms. The van der Waals surface area contributed by atoms with E-state index in [0.717, 1.165) is 24.9 Å². The normalized spacial score (nSPS) is 15.0. The first-order valence-electron chi connectivity index (χ1n) is 8.29. The molecule has 0 spiro atoms. The predicted molar refractivity (Wildman–Crippen MR) is 95.2 cm³/mol. The number of amides is 1. The van der Waals surface area contributed by atoms with Crippen LogP contribution in [0.1, 0.15) is 25.7 Å². The van der Waals surface area contributed by atoms with Crippen molar-refractivity contribution >= 4 is 23.6 Å². The van der Waals surface area contributed by atoms with Crippen molar-refractivity contribution in [1.82, 2.24) is 35.1 Å². The average Bonchev–Trinajstić information content (AvgIpc) is 3.11. The van der Waals surface area contributed by atoms with Crippen molar-refractivity contribution in [2.24, 2.45) is 0 Å². The van der Waals surface area contributed by atoms with E-state index in [0.29, 0.717) is 24.6 Å². The van der Waals surface area contributed by atoms with Crippen LogP contribution in [0.25, 0.3) is 0 Å². The Bertz CT molecular complexity index is 684. The van der Waals surface area contributed by atoms with Crippen LogP contribution in [0.5, 0.6) is 0 Å². The van der Waals surface area contributed by atoms with Crippen molar-refractivity contribution in [3.05, 3.63) is 24.3 Å². The maximum Gasteiger partial charge on any atom is 0.232 e. The van der Waals surface area contributed by atoms with Gasteiger partial charge in [-0.15, -0.1) is 16.9 Å². The summed E-state index contributed by atoms with van der Waals surface area (Å²) in [6, 6.07) is 2.02. The molecule has 1 aliphatic heterocycles. The second kappa shape index (κ2) is 8.24. The fourth-order valence-electron chi connectivity index (χ4n) is 2.64. The lowest BCUT2D eigenvalue weighted by Gasteiger charge is -2.34. The molecule has 0 aliphatic carbocycles. The van der Waals surface area contributed by atoms with Crippen LogP contribution in [0.4, 0.5) is 5.95 Å². The third-order valence-electron chi connectivity index (χ3n) is 3.97. The van der Waals surface area contributed by atoms with Gasteiger partial charge < -0.3 is 9.80 Å². The standard InChI is InChI=1S/C15H22N8OS/c1-12(2)23-13(18-19-20-23)10-25-11-14(24)21-6-8-22(9-7-21)15-16-4-3-5-17-15/h3-5,12H,6-11H2,1-2H3. The van der Waals surface area contributed by atoms with E-state index < -0.39 is 0 Å². The Hall–Kier alpha value is -2.23. The molecule has 134 valence electrons. The molecule has 1 saturated heterocycles. The zero-order chi connectivity index (χ0) is 17.6. The Morgan fingerprint density at radius 2 is 1.92 bits per heavy atom. The Labute approximate surface area is 150 Å². The number of thioether (sulfide) groups is 1. The highest BCUT2D eigenvalue weighted by molar-refractivity contribution is 7.99. The Morgan fingerprint density at radius 3 is 2.60 bits per heavy atom. The zero-order valence-electron chi connectivity index (χ0n) is 14.4. The van der Waals surface area contributed by atoms with Gasteiger partial charge in [0.1, 0.15) is 0 Å². The molecule has 3 heterocycles. The third-order valence-corrected chi connectivity index (χ3v) is 4.89. The summed E-state index contributed by atoms with van der Waals surface area (Å²) >= 11 is 1.55. The van der Waals surface area contributed by atoms with Gasteiger partial charge in [-0.2, -0.15) is 0 Å². The molecule has 0 unspecified atom stereocenters. The average molecular weight is 362 g/mol. The summed E-state index contributed by atoms with van der Waals surface area (Å²) < 4.78 is 1.79. The number of carbonyl (C=O) groups is 1. The van der Waals surface area contributed by atoms with E-state index in [1.54, 1.807) is 34.9 Å². The number of hydrogen-bond acceptors (Lipinski definition) is 8. The molecule has 9 nitrogen and oxygen atoms in total. The van der Waals surface area contributed by atoms with Crippen LogP contribution in [0.3, 0.4) is 0 Å². The van der Waals surface area contributed by atoms with E-state index in [1.165, 1.54) is 0 Å². The van der Waals surface area contributed by atoms with E-state index in [9.17, 15) is 4.79 Å². The minimum Gasteiger partial charge on any atom is -0.338 e. The van der Waals surface area contributed by atoms with Crippen LogP contribution in [-0.4, -0.2) is 72.9 Å². The lowest BCUT2D eigenvalue weighted by molar-refractivity contribution is -0.128. The largest absolute Gasteiger partial charge is 0.338 e. The topological polar surface area (TPSA) is 92.9 Å². The number of anilines is 1. The molecule has 25 heavy (non-hydrogen) atoms. The van der Waals surface area contributed by atoms with Gasteiger partial charge in [0, 0.05) is 38.6 Å². The molecule has 0 bridgehead atoms. The van der Waals surface area contributed by atoms with Gasteiger partial charge in [-0.25, -0.2) is 14.6 Å². The molecule has 2 aromatic heterocycles. The Balaban J connectivity index is 1.43. The summed E-state index contributed by atoms with van der Waals surface area (Å²) in [5.74, 6) is 2.76. The van der Waals surface area contributed by atoms with Gasteiger partial charge in [0.2, 0.25) is 11.9 Å². The van der Waals surface area contributed by atoms with E-state index >= 15 is 0 Å². The first-order chi connectivity index (χ1) is 12.1. The second-order valence-electron chi connectivity index (χ2n) is 6.04. The van der Waals surface area contributed by atoms with Crippen molar-refractivity contribution in [3.63, 3.8) is 0 Å².